The van der Waals surface area contributed by atoms with Gasteiger partial charge in [0.15, 0.2) is 11.5 Å². The standard InChI is InChI=1S/C17H23N5O4/c1-11-9-15(19-25-11)17(24)21-7-4-5-14(10-21)22(13(3)23)8-6-16-18-12(2)26-20-16/h9,14H,4-8,10H2,1-3H3. The topological polar surface area (TPSA) is 106 Å². The fourth-order valence-electron chi connectivity index (χ4n) is 3.28. The molecule has 1 atom stereocenters. The van der Waals surface area contributed by atoms with E-state index in [1.165, 1.54) is 0 Å². The molecule has 0 aliphatic carbocycles. The molecule has 2 aromatic rings. The van der Waals surface area contributed by atoms with E-state index >= 15 is 0 Å². The van der Waals surface area contributed by atoms with Crippen LogP contribution in [0.2, 0.25) is 0 Å². The summed E-state index contributed by atoms with van der Waals surface area (Å²) in [5, 5.41) is 7.67. The van der Waals surface area contributed by atoms with Crippen LogP contribution >= 0.6 is 0 Å². The van der Waals surface area contributed by atoms with Crippen LogP contribution in [0.4, 0.5) is 0 Å². The number of piperidine rings is 1. The van der Waals surface area contributed by atoms with Gasteiger partial charge in [-0.1, -0.05) is 10.3 Å². The lowest BCUT2D eigenvalue weighted by atomic mass is 10.0. The van der Waals surface area contributed by atoms with Crippen LogP contribution in [-0.4, -0.2) is 62.6 Å². The minimum Gasteiger partial charge on any atom is -0.361 e. The SMILES string of the molecule is CC(=O)N(CCc1noc(C)n1)C1CCCN(C(=O)c2cc(C)on2)C1. The number of likely N-dealkylation sites (tertiary alicyclic amines) is 1. The summed E-state index contributed by atoms with van der Waals surface area (Å²) in [5.41, 5.74) is 0.305. The Morgan fingerprint density at radius 3 is 2.73 bits per heavy atom. The molecular formula is C17H23N5O4. The van der Waals surface area contributed by atoms with Crippen molar-refractivity contribution >= 4 is 11.8 Å². The number of carbonyl (C=O) groups is 2. The Hall–Kier alpha value is -2.71. The zero-order valence-corrected chi connectivity index (χ0v) is 15.3. The lowest BCUT2D eigenvalue weighted by Crippen LogP contribution is -2.51. The molecule has 0 N–H and O–H groups in total. The molecule has 0 spiro atoms. The fourth-order valence-corrected chi connectivity index (χ4v) is 3.28. The van der Waals surface area contributed by atoms with E-state index in [1.807, 2.05) is 0 Å². The number of hydrogen-bond acceptors (Lipinski definition) is 7. The normalized spacial score (nSPS) is 17.3. The monoisotopic (exact) mass is 361 g/mol. The molecule has 9 heteroatoms. The average Bonchev–Trinajstić information content (AvgIpc) is 3.23. The van der Waals surface area contributed by atoms with Gasteiger partial charge < -0.3 is 18.8 Å². The number of nitrogens with zero attached hydrogens (tertiary/aromatic N) is 5. The zero-order chi connectivity index (χ0) is 18.7. The van der Waals surface area contributed by atoms with E-state index in [-0.39, 0.29) is 17.9 Å². The van der Waals surface area contributed by atoms with Gasteiger partial charge in [-0.05, 0) is 19.8 Å². The molecule has 1 fully saturated rings. The van der Waals surface area contributed by atoms with Crippen molar-refractivity contribution in [1.29, 1.82) is 0 Å². The van der Waals surface area contributed by atoms with Crippen LogP contribution < -0.4 is 0 Å². The zero-order valence-electron chi connectivity index (χ0n) is 15.3. The van der Waals surface area contributed by atoms with Gasteiger partial charge >= 0.3 is 0 Å². The summed E-state index contributed by atoms with van der Waals surface area (Å²) in [6, 6.07) is 1.60. The smallest absolute Gasteiger partial charge is 0.276 e. The molecule has 0 bridgehead atoms. The van der Waals surface area contributed by atoms with Crippen LogP contribution in [0.1, 0.15) is 47.7 Å². The summed E-state index contributed by atoms with van der Waals surface area (Å²) in [4.78, 5) is 32.5. The summed E-state index contributed by atoms with van der Waals surface area (Å²) in [5.74, 6) is 1.50. The van der Waals surface area contributed by atoms with E-state index in [9.17, 15) is 9.59 Å². The Morgan fingerprint density at radius 1 is 1.31 bits per heavy atom. The molecule has 0 radical (unpaired) electrons. The highest BCUT2D eigenvalue weighted by Crippen LogP contribution is 2.19. The first kappa shape index (κ1) is 18.1. The molecule has 0 aromatic carbocycles. The maximum Gasteiger partial charge on any atom is 0.276 e. The van der Waals surface area contributed by atoms with Crippen LogP contribution in [0.15, 0.2) is 15.1 Å². The number of amides is 2. The first-order valence-corrected chi connectivity index (χ1v) is 8.73. The van der Waals surface area contributed by atoms with Crippen molar-refractivity contribution in [2.24, 2.45) is 0 Å². The van der Waals surface area contributed by atoms with Crippen LogP contribution in [-0.2, 0) is 11.2 Å². The van der Waals surface area contributed by atoms with E-state index in [2.05, 4.69) is 15.3 Å². The molecule has 2 aromatic heterocycles. The van der Waals surface area contributed by atoms with Crippen LogP contribution in [0, 0.1) is 13.8 Å². The van der Waals surface area contributed by atoms with E-state index < -0.39 is 0 Å². The van der Waals surface area contributed by atoms with Gasteiger partial charge in [-0.2, -0.15) is 4.98 Å². The van der Waals surface area contributed by atoms with Gasteiger partial charge in [0.05, 0.1) is 0 Å². The average molecular weight is 361 g/mol. The van der Waals surface area contributed by atoms with Gasteiger partial charge in [0.2, 0.25) is 11.8 Å². The maximum atomic E-state index is 12.6. The summed E-state index contributed by atoms with van der Waals surface area (Å²) < 4.78 is 9.96. The molecule has 1 aliphatic heterocycles. The Balaban J connectivity index is 1.65. The predicted molar refractivity (Wildman–Crippen MR) is 90.3 cm³/mol. The minimum atomic E-state index is -0.163. The molecule has 3 rings (SSSR count). The van der Waals surface area contributed by atoms with Gasteiger partial charge in [-0.15, -0.1) is 0 Å². The Morgan fingerprint density at radius 2 is 2.12 bits per heavy atom. The van der Waals surface area contributed by atoms with Gasteiger partial charge in [0, 0.05) is 52.0 Å². The van der Waals surface area contributed by atoms with E-state index in [1.54, 1.807) is 36.6 Å². The number of aromatic nitrogens is 3. The molecule has 2 amide bonds. The Labute approximate surface area is 151 Å². The van der Waals surface area contributed by atoms with Crippen molar-refractivity contribution in [1.82, 2.24) is 25.1 Å². The molecule has 140 valence electrons. The van der Waals surface area contributed by atoms with Crippen molar-refractivity contribution in [2.45, 2.75) is 46.1 Å². The highest BCUT2D eigenvalue weighted by molar-refractivity contribution is 5.92. The molecule has 1 saturated heterocycles. The van der Waals surface area contributed by atoms with Crippen LogP contribution in [0.25, 0.3) is 0 Å². The van der Waals surface area contributed by atoms with Gasteiger partial charge in [-0.25, -0.2) is 0 Å². The Kier molecular flexibility index (Phi) is 5.34. The number of rotatable bonds is 5. The van der Waals surface area contributed by atoms with E-state index in [4.69, 9.17) is 9.05 Å². The second-order valence-electron chi connectivity index (χ2n) is 6.56. The number of aryl methyl sites for hydroxylation is 2. The first-order valence-electron chi connectivity index (χ1n) is 8.73. The van der Waals surface area contributed by atoms with Crippen molar-refractivity contribution in [3.63, 3.8) is 0 Å². The summed E-state index contributed by atoms with van der Waals surface area (Å²) in [6.07, 6.45) is 2.20. The van der Waals surface area contributed by atoms with Crippen molar-refractivity contribution in [3.8, 4) is 0 Å². The molecular weight excluding hydrogens is 338 g/mol. The van der Waals surface area contributed by atoms with Crippen LogP contribution in [0.3, 0.4) is 0 Å². The van der Waals surface area contributed by atoms with Gasteiger partial charge in [0.25, 0.3) is 5.91 Å². The highest BCUT2D eigenvalue weighted by atomic mass is 16.5. The number of hydrogen-bond donors (Lipinski definition) is 0. The van der Waals surface area contributed by atoms with E-state index in [0.717, 1.165) is 12.8 Å². The first-order chi connectivity index (χ1) is 12.4. The third-order valence-corrected chi connectivity index (χ3v) is 4.52. The maximum absolute atomic E-state index is 12.6. The fraction of sp³-hybridized carbons (Fsp3) is 0.588. The molecule has 0 saturated carbocycles. The molecule has 1 aliphatic rings. The van der Waals surface area contributed by atoms with Crippen LogP contribution in [0.5, 0.6) is 0 Å². The van der Waals surface area contributed by atoms with Gasteiger partial charge in [0.1, 0.15) is 5.76 Å². The highest BCUT2D eigenvalue weighted by Gasteiger charge is 2.30. The summed E-state index contributed by atoms with van der Waals surface area (Å²) >= 11 is 0. The summed E-state index contributed by atoms with van der Waals surface area (Å²) in [6.45, 7) is 6.65. The summed E-state index contributed by atoms with van der Waals surface area (Å²) in [7, 11) is 0. The Bertz CT molecular complexity index is 784. The van der Waals surface area contributed by atoms with E-state index in [0.29, 0.717) is 49.2 Å². The quantitative estimate of drug-likeness (QED) is 0.792. The second-order valence-corrected chi connectivity index (χ2v) is 6.56. The molecule has 1 unspecified atom stereocenters. The largest absolute Gasteiger partial charge is 0.361 e. The predicted octanol–water partition coefficient (Wildman–Crippen LogP) is 1.37. The number of carbonyl (C=O) groups excluding carboxylic acids is 2. The minimum absolute atomic E-state index is 0.0261. The lowest BCUT2D eigenvalue weighted by molar-refractivity contribution is -0.132. The molecule has 3 heterocycles. The lowest BCUT2D eigenvalue weighted by Gasteiger charge is -2.38. The van der Waals surface area contributed by atoms with Crippen molar-refractivity contribution in [2.75, 3.05) is 19.6 Å². The third-order valence-electron chi connectivity index (χ3n) is 4.52. The van der Waals surface area contributed by atoms with Gasteiger partial charge in [-0.3, -0.25) is 9.59 Å². The molecule has 26 heavy (non-hydrogen) atoms. The van der Waals surface area contributed by atoms with Crippen molar-refractivity contribution in [3.05, 3.63) is 29.2 Å². The molecule has 9 nitrogen and oxygen atoms in total. The van der Waals surface area contributed by atoms with Crippen molar-refractivity contribution < 1.29 is 18.6 Å². The second kappa shape index (κ2) is 7.67. The third kappa shape index (κ3) is 4.09.